The van der Waals surface area contributed by atoms with Gasteiger partial charge in [-0.05, 0) is 48.7 Å². The number of likely N-dealkylation sites (N-methyl/N-ethyl adjacent to an activating group) is 1. The van der Waals surface area contributed by atoms with Crippen molar-refractivity contribution in [3.8, 4) is 28.4 Å². The second kappa shape index (κ2) is 11.5. The highest BCUT2D eigenvalue weighted by molar-refractivity contribution is 6.34. The maximum absolute atomic E-state index is 15.2. The van der Waals surface area contributed by atoms with Crippen LogP contribution in [0.3, 0.4) is 0 Å². The minimum atomic E-state index is -0.810. The van der Waals surface area contributed by atoms with Crippen LogP contribution in [0.25, 0.3) is 28.0 Å². The summed E-state index contributed by atoms with van der Waals surface area (Å²) in [6, 6.07) is 9.68. The van der Waals surface area contributed by atoms with E-state index in [4.69, 9.17) is 21.3 Å². The fraction of sp³-hybridized carbons (Fsp3) is 0.294. The number of halogens is 2. The van der Waals surface area contributed by atoms with Gasteiger partial charge in [0.15, 0.2) is 5.65 Å². The van der Waals surface area contributed by atoms with Gasteiger partial charge in [-0.25, -0.2) is 9.37 Å². The van der Waals surface area contributed by atoms with Gasteiger partial charge >= 0.3 is 0 Å². The third-order valence-electron chi connectivity index (χ3n) is 8.76. The van der Waals surface area contributed by atoms with Crippen molar-refractivity contribution >= 4 is 45.8 Å². The third kappa shape index (κ3) is 4.60. The number of carbonyl (C=O) groups is 2. The molecular formula is C34H33ClFN5O5. The Morgan fingerprint density at radius 2 is 1.87 bits per heavy atom. The number of anilines is 2. The Balaban J connectivity index is 1.78. The Hall–Kier alpha value is -4.90. The van der Waals surface area contributed by atoms with Gasteiger partial charge in [0.25, 0.3) is 11.5 Å². The van der Waals surface area contributed by atoms with Crippen LogP contribution < -0.4 is 20.1 Å². The van der Waals surface area contributed by atoms with E-state index in [0.29, 0.717) is 22.5 Å². The molecule has 4 heterocycles. The number of ether oxygens (including phenoxy) is 1. The van der Waals surface area contributed by atoms with Crippen molar-refractivity contribution in [3.05, 3.63) is 81.9 Å². The van der Waals surface area contributed by atoms with Gasteiger partial charge in [0.1, 0.15) is 29.0 Å². The lowest BCUT2D eigenvalue weighted by Crippen LogP contribution is -2.66. The van der Waals surface area contributed by atoms with Crippen LogP contribution in [0, 0.1) is 5.82 Å². The van der Waals surface area contributed by atoms with Crippen molar-refractivity contribution in [1.29, 1.82) is 0 Å². The van der Waals surface area contributed by atoms with Crippen molar-refractivity contribution in [3.63, 3.8) is 0 Å². The molecule has 2 aromatic carbocycles. The molecule has 0 bridgehead atoms. The van der Waals surface area contributed by atoms with Crippen LogP contribution in [0.1, 0.15) is 32.3 Å². The van der Waals surface area contributed by atoms with Crippen molar-refractivity contribution < 1.29 is 23.8 Å². The number of pyridine rings is 2. The van der Waals surface area contributed by atoms with E-state index in [1.807, 2.05) is 37.8 Å². The second-order valence-corrected chi connectivity index (χ2v) is 12.2. The number of phenols is 1. The standard InChI is InChI=1S/C34H33ClFN5O5/c1-7-26(43)39-15-18(4)40-23(16-39)33(44)38(5)31-30(40)20-14-21(35)28(27-22(36)11-9-12-24(27)42)37-32(20)41(34(31)45)29-19(17(2)3)10-8-13-25(29)46-6/h7-14,17-18,23,42H,1,15-16H2,2-6H3/t18-,23-/m1/s1. The number of carbonyl (C=O) groups excluding carboxylic acids is 2. The molecular weight excluding hydrogens is 613 g/mol. The SMILES string of the molecule is C=CC(=O)N1C[C@@H](C)N2c3c(c(=O)n(-c4c(OC)cccc4C(C)C)c4nc(-c5c(O)cccc5F)c(Cl)cc34)N(C)C(=O)[C@H]2C1. The first-order valence-corrected chi connectivity index (χ1v) is 15.2. The van der Waals surface area contributed by atoms with Crippen LogP contribution in [-0.4, -0.2) is 70.7 Å². The van der Waals surface area contributed by atoms with E-state index in [1.54, 1.807) is 17.0 Å². The number of methoxy groups -OCH3 is 1. The van der Waals surface area contributed by atoms with E-state index in [2.05, 4.69) is 6.58 Å². The van der Waals surface area contributed by atoms with E-state index >= 15 is 4.39 Å². The number of amides is 2. The second-order valence-electron chi connectivity index (χ2n) is 11.8. The number of rotatable bonds is 5. The average Bonchev–Trinajstić information content (AvgIpc) is 3.02. The number of aromatic nitrogens is 2. The molecule has 0 saturated carbocycles. The molecule has 2 aliphatic heterocycles. The van der Waals surface area contributed by atoms with E-state index in [0.717, 1.165) is 5.56 Å². The highest BCUT2D eigenvalue weighted by atomic mass is 35.5. The number of nitrogens with zero attached hydrogens (tertiary/aromatic N) is 5. The molecule has 0 unspecified atom stereocenters. The summed E-state index contributed by atoms with van der Waals surface area (Å²) in [4.78, 5) is 51.1. The van der Waals surface area contributed by atoms with Gasteiger partial charge in [0.05, 0.1) is 41.3 Å². The lowest BCUT2D eigenvalue weighted by atomic mass is 9.96. The summed E-state index contributed by atoms with van der Waals surface area (Å²) >= 11 is 6.85. The minimum Gasteiger partial charge on any atom is -0.507 e. The van der Waals surface area contributed by atoms with E-state index in [1.165, 1.54) is 47.9 Å². The number of fused-ring (bicyclic) bond motifs is 5. The molecule has 2 atom stereocenters. The summed E-state index contributed by atoms with van der Waals surface area (Å²) in [5.74, 6) is -1.46. The fourth-order valence-electron chi connectivity index (χ4n) is 6.66. The number of piperazine rings is 1. The minimum absolute atomic E-state index is 0.0219. The van der Waals surface area contributed by atoms with Gasteiger partial charge in [-0.15, -0.1) is 0 Å². The first-order valence-electron chi connectivity index (χ1n) is 14.8. The monoisotopic (exact) mass is 645 g/mol. The molecule has 12 heteroatoms. The van der Waals surface area contributed by atoms with Crippen molar-refractivity contribution in [2.45, 2.75) is 38.8 Å². The molecule has 0 aliphatic carbocycles. The highest BCUT2D eigenvalue weighted by Crippen LogP contribution is 2.46. The summed E-state index contributed by atoms with van der Waals surface area (Å²) in [6.07, 6.45) is 1.21. The average molecular weight is 646 g/mol. The van der Waals surface area contributed by atoms with Gasteiger partial charge in [0, 0.05) is 25.0 Å². The predicted molar refractivity (Wildman–Crippen MR) is 176 cm³/mol. The van der Waals surface area contributed by atoms with Gasteiger partial charge in [-0.2, -0.15) is 0 Å². The van der Waals surface area contributed by atoms with Gasteiger partial charge < -0.3 is 24.5 Å². The van der Waals surface area contributed by atoms with Crippen molar-refractivity contribution in [2.75, 3.05) is 37.0 Å². The first kappa shape index (κ1) is 31.1. The summed E-state index contributed by atoms with van der Waals surface area (Å²) in [5.41, 5.74) is 0.978. The molecule has 10 nitrogen and oxygen atoms in total. The molecule has 4 aromatic rings. The molecule has 2 aliphatic rings. The summed E-state index contributed by atoms with van der Waals surface area (Å²) in [7, 11) is 3.02. The Labute approximate surface area is 269 Å². The Bertz CT molecular complexity index is 1990. The van der Waals surface area contributed by atoms with Gasteiger partial charge in [-0.3, -0.25) is 19.0 Å². The number of hydrogen-bond acceptors (Lipinski definition) is 7. The summed E-state index contributed by atoms with van der Waals surface area (Å²) in [6.45, 7) is 9.76. The van der Waals surface area contributed by atoms with Crippen LogP contribution in [-0.2, 0) is 9.59 Å². The Kier molecular flexibility index (Phi) is 7.76. The highest BCUT2D eigenvalue weighted by Gasteiger charge is 2.47. The topological polar surface area (TPSA) is 108 Å². The lowest BCUT2D eigenvalue weighted by molar-refractivity contribution is -0.129. The zero-order valence-corrected chi connectivity index (χ0v) is 26.8. The fourth-order valence-corrected chi connectivity index (χ4v) is 6.90. The molecule has 6 rings (SSSR count). The van der Waals surface area contributed by atoms with Crippen LogP contribution in [0.2, 0.25) is 5.02 Å². The Morgan fingerprint density at radius 3 is 2.52 bits per heavy atom. The molecule has 1 fully saturated rings. The van der Waals surface area contributed by atoms with E-state index in [9.17, 15) is 19.5 Å². The summed E-state index contributed by atoms with van der Waals surface area (Å²) < 4.78 is 22.4. The van der Waals surface area contributed by atoms with Crippen molar-refractivity contribution in [1.82, 2.24) is 14.5 Å². The number of aromatic hydroxyl groups is 1. The lowest BCUT2D eigenvalue weighted by Gasteiger charge is -2.50. The van der Waals surface area contributed by atoms with Crippen LogP contribution >= 0.6 is 11.6 Å². The molecule has 2 amide bonds. The molecule has 1 saturated heterocycles. The molecule has 0 radical (unpaired) electrons. The molecule has 1 N–H and O–H groups in total. The van der Waals surface area contributed by atoms with E-state index < -0.39 is 23.5 Å². The maximum atomic E-state index is 15.2. The molecule has 0 spiro atoms. The maximum Gasteiger partial charge on any atom is 0.283 e. The number of phenolic OH excluding ortho intramolecular Hbond substituents is 1. The normalized spacial score (nSPS) is 17.7. The van der Waals surface area contributed by atoms with Crippen LogP contribution in [0.15, 0.2) is 59.9 Å². The first-order chi connectivity index (χ1) is 21.9. The van der Waals surface area contributed by atoms with Crippen LogP contribution in [0.4, 0.5) is 15.8 Å². The Morgan fingerprint density at radius 1 is 1.15 bits per heavy atom. The quantitative estimate of drug-likeness (QED) is 0.295. The smallest absolute Gasteiger partial charge is 0.283 e. The number of benzene rings is 2. The third-order valence-corrected chi connectivity index (χ3v) is 9.05. The zero-order valence-electron chi connectivity index (χ0n) is 26.0. The summed E-state index contributed by atoms with van der Waals surface area (Å²) in [5, 5.41) is 11.1. The number of hydrogen-bond donors (Lipinski definition) is 1. The van der Waals surface area contributed by atoms with Crippen molar-refractivity contribution in [2.24, 2.45) is 0 Å². The molecule has 238 valence electrons. The van der Waals surface area contributed by atoms with Gasteiger partial charge in [0.2, 0.25) is 5.91 Å². The number of para-hydroxylation sites is 1. The molecule has 46 heavy (non-hydrogen) atoms. The zero-order chi connectivity index (χ0) is 33.2. The molecule has 2 aromatic heterocycles. The predicted octanol–water partition coefficient (Wildman–Crippen LogP) is 5.25. The van der Waals surface area contributed by atoms with Gasteiger partial charge in [-0.1, -0.05) is 50.2 Å². The largest absolute Gasteiger partial charge is 0.507 e. The van der Waals surface area contributed by atoms with Crippen LogP contribution in [0.5, 0.6) is 11.5 Å². The van der Waals surface area contributed by atoms with E-state index in [-0.39, 0.29) is 64.2 Å².